The number of fused-ring (bicyclic) bond motifs is 3. The minimum atomic E-state index is -0.119. The summed E-state index contributed by atoms with van der Waals surface area (Å²) in [5.41, 5.74) is 4.87. The predicted octanol–water partition coefficient (Wildman–Crippen LogP) is 6.43. The zero-order valence-corrected chi connectivity index (χ0v) is 17.9. The molecule has 0 fully saturated rings. The van der Waals surface area contributed by atoms with Crippen molar-refractivity contribution in [1.82, 2.24) is 0 Å². The molecular formula is C26H23ClN2O2. The van der Waals surface area contributed by atoms with E-state index in [2.05, 4.69) is 34.9 Å². The van der Waals surface area contributed by atoms with Gasteiger partial charge in [0.05, 0.1) is 13.2 Å². The van der Waals surface area contributed by atoms with Crippen LogP contribution in [-0.2, 0) is 0 Å². The minimum absolute atomic E-state index is 0.119. The number of anilines is 2. The highest BCUT2D eigenvalue weighted by atomic mass is 35.5. The van der Waals surface area contributed by atoms with Crippen LogP contribution >= 0.6 is 11.6 Å². The molecule has 0 radical (unpaired) electrons. The summed E-state index contributed by atoms with van der Waals surface area (Å²) >= 11 is 6.09. The lowest BCUT2D eigenvalue weighted by Gasteiger charge is -2.37. The molecule has 5 heteroatoms. The Morgan fingerprint density at radius 2 is 1.84 bits per heavy atom. The van der Waals surface area contributed by atoms with E-state index < -0.39 is 0 Å². The third-order valence-corrected chi connectivity index (χ3v) is 6.45. The molecule has 3 aromatic rings. The molecule has 1 amide bonds. The number of halogens is 1. The second-order valence-corrected chi connectivity index (χ2v) is 8.45. The van der Waals surface area contributed by atoms with Gasteiger partial charge in [0.25, 0.3) is 5.91 Å². The number of rotatable bonds is 4. The van der Waals surface area contributed by atoms with Crippen molar-refractivity contribution in [3.05, 3.63) is 101 Å². The lowest BCUT2D eigenvalue weighted by atomic mass is 9.76. The lowest BCUT2D eigenvalue weighted by Crippen LogP contribution is -2.29. The Morgan fingerprint density at radius 1 is 1.06 bits per heavy atom. The third-order valence-electron chi connectivity index (χ3n) is 6.20. The Kier molecular flexibility index (Phi) is 5.16. The third kappa shape index (κ3) is 3.79. The summed E-state index contributed by atoms with van der Waals surface area (Å²) in [7, 11) is 1.62. The average molecular weight is 431 g/mol. The summed E-state index contributed by atoms with van der Waals surface area (Å²) in [4.78, 5) is 12.9. The molecule has 3 aromatic carbocycles. The number of hydrogen-bond acceptors (Lipinski definition) is 3. The van der Waals surface area contributed by atoms with Gasteiger partial charge in [-0.2, -0.15) is 0 Å². The van der Waals surface area contributed by atoms with Crippen LogP contribution in [0, 0.1) is 5.92 Å². The molecular weight excluding hydrogens is 408 g/mol. The van der Waals surface area contributed by atoms with Crippen LogP contribution in [0.5, 0.6) is 5.75 Å². The summed E-state index contributed by atoms with van der Waals surface area (Å²) in [5.74, 6) is 1.33. The van der Waals surface area contributed by atoms with E-state index in [1.807, 2.05) is 54.6 Å². The fourth-order valence-corrected chi connectivity index (χ4v) is 4.74. The number of amides is 1. The van der Waals surface area contributed by atoms with Crippen molar-refractivity contribution in [3.63, 3.8) is 0 Å². The van der Waals surface area contributed by atoms with Crippen LogP contribution in [0.3, 0.4) is 0 Å². The molecule has 3 atom stereocenters. The second kappa shape index (κ2) is 8.12. The zero-order chi connectivity index (χ0) is 21.4. The molecule has 0 unspecified atom stereocenters. The molecule has 1 heterocycles. The number of nitrogens with one attached hydrogen (secondary N) is 2. The van der Waals surface area contributed by atoms with Gasteiger partial charge in [0, 0.05) is 27.9 Å². The highest BCUT2D eigenvalue weighted by molar-refractivity contribution is 6.30. The topological polar surface area (TPSA) is 50.4 Å². The van der Waals surface area contributed by atoms with Crippen LogP contribution in [0.1, 0.15) is 39.9 Å². The monoisotopic (exact) mass is 430 g/mol. The van der Waals surface area contributed by atoms with Crippen LogP contribution in [0.15, 0.2) is 78.9 Å². The number of benzene rings is 3. The van der Waals surface area contributed by atoms with Crippen molar-refractivity contribution in [3.8, 4) is 5.75 Å². The summed E-state index contributed by atoms with van der Waals surface area (Å²) in [6.45, 7) is 0. The van der Waals surface area contributed by atoms with Crippen LogP contribution in [0.2, 0.25) is 5.02 Å². The van der Waals surface area contributed by atoms with Crippen LogP contribution in [-0.4, -0.2) is 13.0 Å². The fourth-order valence-electron chi connectivity index (χ4n) is 4.61. The van der Waals surface area contributed by atoms with Gasteiger partial charge < -0.3 is 15.4 Å². The van der Waals surface area contributed by atoms with E-state index in [0.717, 1.165) is 28.6 Å². The number of allylic oxidation sites excluding steroid dienone is 2. The van der Waals surface area contributed by atoms with Gasteiger partial charge in [0.15, 0.2) is 0 Å². The van der Waals surface area contributed by atoms with E-state index in [-0.39, 0.29) is 17.9 Å². The molecule has 5 rings (SSSR count). The maximum Gasteiger partial charge on any atom is 0.255 e. The molecule has 0 bridgehead atoms. The Morgan fingerprint density at radius 3 is 2.58 bits per heavy atom. The van der Waals surface area contributed by atoms with E-state index in [4.69, 9.17) is 16.3 Å². The van der Waals surface area contributed by atoms with E-state index >= 15 is 0 Å². The Balaban J connectivity index is 1.41. The van der Waals surface area contributed by atoms with E-state index in [1.54, 1.807) is 7.11 Å². The van der Waals surface area contributed by atoms with Crippen molar-refractivity contribution in [2.24, 2.45) is 5.92 Å². The van der Waals surface area contributed by atoms with Gasteiger partial charge >= 0.3 is 0 Å². The van der Waals surface area contributed by atoms with Gasteiger partial charge in [0.2, 0.25) is 0 Å². The van der Waals surface area contributed by atoms with Crippen molar-refractivity contribution >= 4 is 28.9 Å². The quantitative estimate of drug-likeness (QED) is 0.469. The standard InChI is InChI=1S/C26H23ClN2O2/c1-31-20-12-10-19(11-13-20)28-26(30)17-7-14-24-23(15-17)21-3-2-4-22(21)25(29-24)16-5-8-18(27)9-6-16/h2-3,5-15,21-22,25,29H,4H2,1H3,(H,28,30)/t21-,22-,25-/m0/s1. The van der Waals surface area contributed by atoms with E-state index in [0.29, 0.717) is 11.5 Å². The second-order valence-electron chi connectivity index (χ2n) is 8.01. The molecule has 1 aliphatic heterocycles. The summed E-state index contributed by atoms with van der Waals surface area (Å²) in [6.07, 6.45) is 5.53. The van der Waals surface area contributed by atoms with Crippen molar-refractivity contribution in [2.45, 2.75) is 18.4 Å². The SMILES string of the molecule is COc1ccc(NC(=O)c2ccc3c(c2)[C@H]2C=CC[C@@H]2[C@H](c2ccc(Cl)cc2)N3)cc1. The first-order valence-corrected chi connectivity index (χ1v) is 10.8. The van der Waals surface area contributed by atoms with Gasteiger partial charge in [-0.3, -0.25) is 4.79 Å². The maximum absolute atomic E-state index is 12.9. The summed E-state index contributed by atoms with van der Waals surface area (Å²) < 4.78 is 5.17. The van der Waals surface area contributed by atoms with Gasteiger partial charge in [-0.25, -0.2) is 0 Å². The molecule has 31 heavy (non-hydrogen) atoms. The molecule has 2 aliphatic rings. The molecule has 156 valence electrons. The fraction of sp³-hybridized carbons (Fsp3) is 0.192. The van der Waals surface area contributed by atoms with Gasteiger partial charge in [0.1, 0.15) is 5.75 Å². The highest BCUT2D eigenvalue weighted by Gasteiger charge is 2.38. The highest BCUT2D eigenvalue weighted by Crippen LogP contribution is 2.50. The number of methoxy groups -OCH3 is 1. The summed E-state index contributed by atoms with van der Waals surface area (Å²) in [6, 6.07) is 21.5. The average Bonchev–Trinajstić information content (AvgIpc) is 3.30. The predicted molar refractivity (Wildman–Crippen MR) is 125 cm³/mol. The first kappa shape index (κ1) is 19.7. The number of carbonyl (C=O) groups excluding carboxylic acids is 1. The van der Waals surface area contributed by atoms with Crippen LogP contribution in [0.4, 0.5) is 11.4 Å². The Labute approximate surface area is 186 Å². The van der Waals surface area contributed by atoms with Gasteiger partial charge in [-0.1, -0.05) is 35.9 Å². The Hall–Kier alpha value is -3.24. The minimum Gasteiger partial charge on any atom is -0.497 e. The van der Waals surface area contributed by atoms with Crippen LogP contribution in [0.25, 0.3) is 0 Å². The number of hydrogen-bond donors (Lipinski definition) is 2. The van der Waals surface area contributed by atoms with Crippen molar-refractivity contribution in [2.75, 3.05) is 17.7 Å². The molecule has 0 spiro atoms. The van der Waals surface area contributed by atoms with Gasteiger partial charge in [-0.05, 0) is 78.1 Å². The van der Waals surface area contributed by atoms with E-state index in [1.165, 1.54) is 11.1 Å². The number of carbonyl (C=O) groups is 1. The Bertz CT molecular complexity index is 1140. The van der Waals surface area contributed by atoms with Crippen molar-refractivity contribution in [1.29, 1.82) is 0 Å². The first-order chi connectivity index (χ1) is 15.1. The lowest BCUT2D eigenvalue weighted by molar-refractivity contribution is 0.102. The molecule has 0 saturated carbocycles. The molecule has 2 N–H and O–H groups in total. The largest absolute Gasteiger partial charge is 0.497 e. The maximum atomic E-state index is 12.9. The zero-order valence-electron chi connectivity index (χ0n) is 17.1. The molecule has 0 saturated heterocycles. The first-order valence-electron chi connectivity index (χ1n) is 10.4. The molecule has 1 aliphatic carbocycles. The van der Waals surface area contributed by atoms with Crippen molar-refractivity contribution < 1.29 is 9.53 Å². The van der Waals surface area contributed by atoms with E-state index in [9.17, 15) is 4.79 Å². The normalized spacial score (nSPS) is 21.0. The van der Waals surface area contributed by atoms with Crippen LogP contribution < -0.4 is 15.4 Å². The molecule has 0 aromatic heterocycles. The molecule has 4 nitrogen and oxygen atoms in total. The number of ether oxygens (including phenoxy) is 1. The van der Waals surface area contributed by atoms with Gasteiger partial charge in [-0.15, -0.1) is 0 Å². The summed E-state index contributed by atoms with van der Waals surface area (Å²) in [5, 5.41) is 7.42. The smallest absolute Gasteiger partial charge is 0.255 e.